The van der Waals surface area contributed by atoms with E-state index < -0.39 is 0 Å². The van der Waals surface area contributed by atoms with Crippen LogP contribution in [0.1, 0.15) is 28.7 Å². The topological polar surface area (TPSA) is 64.1 Å². The van der Waals surface area contributed by atoms with Gasteiger partial charge in [0.1, 0.15) is 4.88 Å². The van der Waals surface area contributed by atoms with Crippen LogP contribution in [0.4, 0.5) is 0 Å². The maximum atomic E-state index is 11.6. The first-order valence-corrected chi connectivity index (χ1v) is 5.65. The van der Waals surface area contributed by atoms with Crippen LogP contribution in [-0.4, -0.2) is 35.8 Å². The van der Waals surface area contributed by atoms with Gasteiger partial charge in [0.2, 0.25) is 0 Å². The number of nitrogens with zero attached hydrogens (tertiary/aromatic N) is 2. The van der Waals surface area contributed by atoms with Crippen molar-refractivity contribution in [2.75, 3.05) is 20.3 Å². The number of aryl methyl sites for hydroxylation is 1. The van der Waals surface area contributed by atoms with Crippen LogP contribution >= 0.6 is 11.5 Å². The molecule has 1 rings (SSSR count). The number of rotatable bonds is 6. The summed E-state index contributed by atoms with van der Waals surface area (Å²) in [6.45, 7) is 3.23. The number of hydrogen-bond acceptors (Lipinski definition) is 5. The van der Waals surface area contributed by atoms with Crippen molar-refractivity contribution in [2.45, 2.75) is 19.8 Å². The largest absolute Gasteiger partial charge is 0.385 e. The molecule has 0 saturated heterocycles. The predicted molar refractivity (Wildman–Crippen MR) is 58.1 cm³/mol. The molecule has 15 heavy (non-hydrogen) atoms. The highest BCUT2D eigenvalue weighted by Crippen LogP contribution is 2.10. The Morgan fingerprint density at radius 3 is 3.07 bits per heavy atom. The third-order valence-electron chi connectivity index (χ3n) is 1.91. The summed E-state index contributed by atoms with van der Waals surface area (Å²) in [7, 11) is 1.64. The van der Waals surface area contributed by atoms with E-state index in [9.17, 15) is 4.79 Å². The minimum Gasteiger partial charge on any atom is -0.385 e. The number of hydrogen-bond donors (Lipinski definition) is 1. The fourth-order valence-corrected chi connectivity index (χ4v) is 1.78. The highest BCUT2D eigenvalue weighted by atomic mass is 32.1. The van der Waals surface area contributed by atoms with Gasteiger partial charge in [-0.2, -0.15) is 0 Å². The first-order valence-electron chi connectivity index (χ1n) is 4.88. The average molecular weight is 229 g/mol. The lowest BCUT2D eigenvalue weighted by atomic mass is 10.3. The molecule has 84 valence electrons. The number of amides is 1. The van der Waals surface area contributed by atoms with Gasteiger partial charge in [0, 0.05) is 20.3 Å². The molecule has 1 amide bonds. The quantitative estimate of drug-likeness (QED) is 0.735. The van der Waals surface area contributed by atoms with Crippen LogP contribution < -0.4 is 5.32 Å². The van der Waals surface area contributed by atoms with Gasteiger partial charge in [-0.25, -0.2) is 0 Å². The number of methoxy groups -OCH3 is 1. The second kappa shape index (κ2) is 6.47. The summed E-state index contributed by atoms with van der Waals surface area (Å²) in [5.74, 6) is -0.0852. The normalized spacial score (nSPS) is 10.3. The molecule has 0 spiro atoms. The summed E-state index contributed by atoms with van der Waals surface area (Å²) < 4.78 is 8.65. The molecule has 1 aromatic rings. The van der Waals surface area contributed by atoms with Gasteiger partial charge in [0.05, 0.1) is 5.69 Å². The molecule has 0 atom stereocenters. The van der Waals surface area contributed by atoms with Crippen LogP contribution in [0.3, 0.4) is 0 Å². The van der Waals surface area contributed by atoms with Crippen LogP contribution in [0, 0.1) is 0 Å². The molecule has 0 aromatic carbocycles. The van der Waals surface area contributed by atoms with Gasteiger partial charge < -0.3 is 10.1 Å². The first-order chi connectivity index (χ1) is 7.29. The zero-order chi connectivity index (χ0) is 11.1. The summed E-state index contributed by atoms with van der Waals surface area (Å²) in [5, 5.41) is 6.69. The molecule has 1 N–H and O–H groups in total. The Bertz CT molecular complexity index is 314. The lowest BCUT2D eigenvalue weighted by molar-refractivity contribution is 0.0951. The third-order valence-corrected chi connectivity index (χ3v) is 2.67. The van der Waals surface area contributed by atoms with Gasteiger partial charge in [-0.15, -0.1) is 5.10 Å². The fourth-order valence-electron chi connectivity index (χ4n) is 1.11. The number of nitrogens with one attached hydrogen (secondary N) is 1. The Morgan fingerprint density at radius 1 is 1.60 bits per heavy atom. The molecule has 0 aliphatic rings. The van der Waals surface area contributed by atoms with E-state index in [1.165, 1.54) is 0 Å². The van der Waals surface area contributed by atoms with Gasteiger partial charge in [0.15, 0.2) is 0 Å². The van der Waals surface area contributed by atoms with E-state index in [0.29, 0.717) is 18.0 Å². The molecule has 5 nitrogen and oxygen atoms in total. The smallest absolute Gasteiger partial charge is 0.264 e. The summed E-state index contributed by atoms with van der Waals surface area (Å²) in [4.78, 5) is 12.2. The number of ether oxygens (including phenoxy) is 1. The van der Waals surface area contributed by atoms with Crippen molar-refractivity contribution >= 4 is 17.4 Å². The summed E-state index contributed by atoms with van der Waals surface area (Å²) in [6.07, 6.45) is 1.55. The van der Waals surface area contributed by atoms with Gasteiger partial charge in [-0.1, -0.05) is 11.4 Å². The average Bonchev–Trinajstić information content (AvgIpc) is 2.72. The highest BCUT2D eigenvalue weighted by molar-refractivity contribution is 7.08. The molecule has 0 bridgehead atoms. The summed E-state index contributed by atoms with van der Waals surface area (Å²) in [6, 6.07) is 0. The monoisotopic (exact) mass is 229 g/mol. The minimum atomic E-state index is -0.0852. The SMILES string of the molecule is CCc1nnsc1C(=O)NCCCOC. The molecule has 1 aromatic heterocycles. The second-order valence-electron chi connectivity index (χ2n) is 3.00. The molecular formula is C9H15N3O2S. The van der Waals surface area contributed by atoms with E-state index in [4.69, 9.17) is 4.74 Å². The Hall–Kier alpha value is -1.01. The van der Waals surface area contributed by atoms with Gasteiger partial charge in [-0.3, -0.25) is 4.79 Å². The standard InChI is InChI=1S/C9H15N3O2S/c1-3-7-8(15-12-11-7)9(13)10-5-4-6-14-2/h3-6H2,1-2H3,(H,10,13). The highest BCUT2D eigenvalue weighted by Gasteiger charge is 2.13. The zero-order valence-electron chi connectivity index (χ0n) is 8.95. The zero-order valence-corrected chi connectivity index (χ0v) is 9.76. The Labute approximate surface area is 93.0 Å². The Balaban J connectivity index is 2.40. The van der Waals surface area contributed by atoms with E-state index in [1.54, 1.807) is 7.11 Å². The molecule has 0 aliphatic heterocycles. The van der Waals surface area contributed by atoms with Crippen LogP contribution in [-0.2, 0) is 11.2 Å². The van der Waals surface area contributed by atoms with Gasteiger partial charge in [0.25, 0.3) is 5.91 Å². The van der Waals surface area contributed by atoms with Crippen molar-refractivity contribution in [3.05, 3.63) is 10.6 Å². The number of carbonyl (C=O) groups excluding carboxylic acids is 1. The van der Waals surface area contributed by atoms with Gasteiger partial charge >= 0.3 is 0 Å². The van der Waals surface area contributed by atoms with E-state index in [1.807, 2.05) is 6.92 Å². The van der Waals surface area contributed by atoms with Crippen molar-refractivity contribution in [3.63, 3.8) is 0 Å². The maximum absolute atomic E-state index is 11.6. The van der Waals surface area contributed by atoms with Crippen molar-refractivity contribution in [3.8, 4) is 0 Å². The molecule has 0 unspecified atom stereocenters. The van der Waals surface area contributed by atoms with E-state index >= 15 is 0 Å². The second-order valence-corrected chi connectivity index (χ2v) is 3.76. The fraction of sp³-hybridized carbons (Fsp3) is 0.667. The number of carbonyl (C=O) groups is 1. The molecular weight excluding hydrogens is 214 g/mol. The Morgan fingerprint density at radius 2 is 2.40 bits per heavy atom. The molecule has 0 saturated carbocycles. The Kier molecular flexibility index (Phi) is 5.20. The van der Waals surface area contributed by atoms with Crippen molar-refractivity contribution in [1.29, 1.82) is 0 Å². The molecule has 1 heterocycles. The van der Waals surface area contributed by atoms with E-state index in [-0.39, 0.29) is 5.91 Å². The van der Waals surface area contributed by atoms with Crippen LogP contribution in [0.15, 0.2) is 0 Å². The van der Waals surface area contributed by atoms with Crippen LogP contribution in [0.5, 0.6) is 0 Å². The van der Waals surface area contributed by atoms with Crippen LogP contribution in [0.25, 0.3) is 0 Å². The lowest BCUT2D eigenvalue weighted by Crippen LogP contribution is -2.25. The molecule has 0 aliphatic carbocycles. The minimum absolute atomic E-state index is 0.0852. The third kappa shape index (κ3) is 3.56. The van der Waals surface area contributed by atoms with E-state index in [0.717, 1.165) is 30.1 Å². The van der Waals surface area contributed by atoms with Crippen molar-refractivity contribution < 1.29 is 9.53 Å². The summed E-state index contributed by atoms with van der Waals surface area (Å²) in [5.41, 5.74) is 0.768. The van der Waals surface area contributed by atoms with Crippen LogP contribution in [0.2, 0.25) is 0 Å². The first kappa shape index (κ1) is 12.1. The molecule has 0 radical (unpaired) electrons. The molecule has 0 fully saturated rings. The lowest BCUT2D eigenvalue weighted by Gasteiger charge is -2.02. The van der Waals surface area contributed by atoms with Crippen molar-refractivity contribution in [2.24, 2.45) is 0 Å². The predicted octanol–water partition coefficient (Wildman–Crippen LogP) is 0.867. The van der Waals surface area contributed by atoms with Crippen molar-refractivity contribution in [1.82, 2.24) is 14.9 Å². The van der Waals surface area contributed by atoms with Gasteiger partial charge in [-0.05, 0) is 24.4 Å². The number of aromatic nitrogens is 2. The van der Waals surface area contributed by atoms with E-state index in [2.05, 4.69) is 14.9 Å². The summed E-state index contributed by atoms with van der Waals surface area (Å²) >= 11 is 1.14. The molecule has 6 heteroatoms. The maximum Gasteiger partial charge on any atom is 0.264 e.